The first-order chi connectivity index (χ1) is 13.6. The Bertz CT molecular complexity index is 864. The molecule has 5 nitrogen and oxygen atoms in total. The van der Waals surface area contributed by atoms with Gasteiger partial charge >= 0.3 is 0 Å². The van der Waals surface area contributed by atoms with Crippen LogP contribution in [0.3, 0.4) is 0 Å². The third-order valence-corrected chi connectivity index (χ3v) is 6.07. The van der Waals surface area contributed by atoms with Crippen molar-refractivity contribution in [2.75, 3.05) is 19.6 Å². The van der Waals surface area contributed by atoms with Gasteiger partial charge < -0.3 is 15.2 Å². The molecule has 0 saturated carbocycles. The zero-order valence-electron chi connectivity index (χ0n) is 16.6. The van der Waals surface area contributed by atoms with Gasteiger partial charge in [0.15, 0.2) is 5.78 Å². The third kappa shape index (κ3) is 4.04. The number of nitrogens with one attached hydrogen (secondary N) is 2. The van der Waals surface area contributed by atoms with Crippen LogP contribution in [-0.4, -0.2) is 41.2 Å². The van der Waals surface area contributed by atoms with Crippen LogP contribution in [0.5, 0.6) is 0 Å². The third-order valence-electron chi connectivity index (χ3n) is 6.07. The molecule has 1 amide bonds. The summed E-state index contributed by atoms with van der Waals surface area (Å²) in [6.07, 6.45) is 8.66. The molecular weight excluding hydrogens is 350 g/mol. The maximum Gasteiger partial charge on any atom is 0.270 e. The van der Waals surface area contributed by atoms with Crippen LogP contribution >= 0.6 is 0 Å². The molecule has 28 heavy (non-hydrogen) atoms. The molecule has 4 rings (SSSR count). The lowest BCUT2D eigenvalue weighted by Crippen LogP contribution is -2.28. The van der Waals surface area contributed by atoms with Gasteiger partial charge in [0.1, 0.15) is 5.69 Å². The summed E-state index contributed by atoms with van der Waals surface area (Å²) < 4.78 is 0. The minimum atomic E-state index is -0.00747. The molecule has 0 unspecified atom stereocenters. The summed E-state index contributed by atoms with van der Waals surface area (Å²) in [7, 11) is 0. The number of carbonyl (C=O) groups excluding carboxylic acids is 2. The molecule has 1 atom stereocenters. The van der Waals surface area contributed by atoms with Gasteiger partial charge in [0.2, 0.25) is 0 Å². The predicted octanol–water partition coefficient (Wildman–Crippen LogP) is 3.66. The normalized spacial score (nSPS) is 17.4. The standard InChI is InChI=1S/C23H29N3O2/c1-16(18-9-8-17-6-2-3-7-19(17)12-18)24-15-22(27)20-13-21(25-14-20)23(28)26-10-4-5-11-26/h8-9,12-14,16,24-25H,2-7,10-11,15H2,1H3/t16-/m0/s1. The van der Waals surface area contributed by atoms with E-state index < -0.39 is 0 Å². The van der Waals surface area contributed by atoms with Gasteiger partial charge in [-0.2, -0.15) is 0 Å². The number of nitrogens with zero attached hydrogens (tertiary/aromatic N) is 1. The minimum absolute atomic E-state index is 0.00142. The molecule has 1 fully saturated rings. The summed E-state index contributed by atoms with van der Waals surface area (Å²) >= 11 is 0. The van der Waals surface area contributed by atoms with Gasteiger partial charge in [-0.3, -0.25) is 9.59 Å². The highest BCUT2D eigenvalue weighted by atomic mass is 16.2. The van der Waals surface area contributed by atoms with Crippen LogP contribution in [0.25, 0.3) is 0 Å². The number of fused-ring (bicyclic) bond motifs is 1. The van der Waals surface area contributed by atoms with Crippen molar-refractivity contribution in [3.8, 4) is 0 Å². The maximum absolute atomic E-state index is 12.6. The number of hydrogen-bond donors (Lipinski definition) is 2. The van der Waals surface area contributed by atoms with Gasteiger partial charge in [0.05, 0.1) is 6.54 Å². The van der Waals surface area contributed by atoms with Crippen molar-refractivity contribution in [3.63, 3.8) is 0 Å². The first-order valence-corrected chi connectivity index (χ1v) is 10.5. The van der Waals surface area contributed by atoms with Crippen LogP contribution in [0.1, 0.15) is 76.2 Å². The van der Waals surface area contributed by atoms with Crippen molar-refractivity contribution in [2.24, 2.45) is 0 Å². The number of aromatic nitrogens is 1. The van der Waals surface area contributed by atoms with E-state index in [-0.39, 0.29) is 24.3 Å². The van der Waals surface area contributed by atoms with E-state index in [4.69, 9.17) is 0 Å². The fourth-order valence-corrected chi connectivity index (χ4v) is 4.26. The molecule has 2 aromatic rings. The molecule has 2 heterocycles. The van der Waals surface area contributed by atoms with E-state index >= 15 is 0 Å². The molecule has 1 aliphatic carbocycles. The largest absolute Gasteiger partial charge is 0.356 e. The number of likely N-dealkylation sites (tertiary alicyclic amines) is 1. The van der Waals surface area contributed by atoms with E-state index in [9.17, 15) is 9.59 Å². The number of benzene rings is 1. The Kier molecular flexibility index (Phi) is 5.62. The number of ketones is 1. The Labute approximate surface area is 166 Å². The molecule has 2 N–H and O–H groups in total. The lowest BCUT2D eigenvalue weighted by molar-refractivity contribution is 0.0787. The highest BCUT2D eigenvalue weighted by molar-refractivity contribution is 6.01. The number of Topliss-reactive ketones (excluding diaryl/α,β-unsaturated/α-hetero) is 1. The zero-order valence-corrected chi connectivity index (χ0v) is 16.6. The molecule has 0 bridgehead atoms. The number of aromatic amines is 1. The smallest absolute Gasteiger partial charge is 0.270 e. The van der Waals surface area contributed by atoms with Gasteiger partial charge in [0.25, 0.3) is 5.91 Å². The maximum atomic E-state index is 12.6. The number of carbonyl (C=O) groups is 2. The van der Waals surface area contributed by atoms with Gasteiger partial charge in [0, 0.05) is 30.9 Å². The summed E-state index contributed by atoms with van der Waals surface area (Å²) in [6, 6.07) is 8.51. The van der Waals surface area contributed by atoms with E-state index in [1.165, 1.54) is 36.0 Å². The van der Waals surface area contributed by atoms with Gasteiger partial charge in [-0.15, -0.1) is 0 Å². The van der Waals surface area contributed by atoms with Gasteiger partial charge in [-0.05, 0) is 68.2 Å². The summed E-state index contributed by atoms with van der Waals surface area (Å²) in [5.41, 5.74) is 5.23. The first kappa shape index (κ1) is 18.9. The Morgan fingerprint density at radius 2 is 1.82 bits per heavy atom. The van der Waals surface area contributed by atoms with Crippen LogP contribution in [-0.2, 0) is 12.8 Å². The Morgan fingerprint density at radius 1 is 1.07 bits per heavy atom. The first-order valence-electron chi connectivity index (χ1n) is 10.5. The van der Waals surface area contributed by atoms with Crippen molar-refractivity contribution in [1.29, 1.82) is 0 Å². The number of amides is 1. The van der Waals surface area contributed by atoms with Gasteiger partial charge in [-0.25, -0.2) is 0 Å². The quantitative estimate of drug-likeness (QED) is 0.753. The van der Waals surface area contributed by atoms with Crippen molar-refractivity contribution in [1.82, 2.24) is 15.2 Å². The molecule has 0 spiro atoms. The van der Waals surface area contributed by atoms with Crippen molar-refractivity contribution in [2.45, 2.75) is 51.5 Å². The highest BCUT2D eigenvalue weighted by Crippen LogP contribution is 2.24. The SMILES string of the molecule is C[C@H](NCC(=O)c1c[nH]c(C(=O)N2CCCC2)c1)c1ccc2c(c1)CCCC2. The zero-order chi connectivity index (χ0) is 19.5. The number of hydrogen-bond acceptors (Lipinski definition) is 3. The topological polar surface area (TPSA) is 65.2 Å². The molecule has 2 aliphatic rings. The molecule has 1 aromatic carbocycles. The van der Waals surface area contributed by atoms with Crippen molar-refractivity contribution in [3.05, 3.63) is 58.4 Å². The minimum Gasteiger partial charge on any atom is -0.356 e. The second-order valence-corrected chi connectivity index (χ2v) is 8.06. The average molecular weight is 380 g/mol. The second-order valence-electron chi connectivity index (χ2n) is 8.06. The summed E-state index contributed by atoms with van der Waals surface area (Å²) in [4.78, 5) is 29.8. The highest BCUT2D eigenvalue weighted by Gasteiger charge is 2.22. The van der Waals surface area contributed by atoms with Crippen LogP contribution in [0.4, 0.5) is 0 Å². The molecule has 0 radical (unpaired) electrons. The van der Waals surface area contributed by atoms with Crippen LogP contribution < -0.4 is 5.32 Å². The van der Waals surface area contributed by atoms with E-state index in [1.807, 2.05) is 4.90 Å². The number of aryl methyl sites for hydroxylation is 2. The van der Waals surface area contributed by atoms with E-state index in [0.29, 0.717) is 11.3 Å². The van der Waals surface area contributed by atoms with Crippen molar-refractivity contribution < 1.29 is 9.59 Å². The Balaban J connectivity index is 1.34. The van der Waals surface area contributed by atoms with E-state index in [1.54, 1.807) is 12.3 Å². The molecule has 1 aliphatic heterocycles. The number of rotatable bonds is 6. The van der Waals surface area contributed by atoms with Crippen LogP contribution in [0.15, 0.2) is 30.5 Å². The fourth-order valence-electron chi connectivity index (χ4n) is 4.26. The summed E-state index contributed by atoms with van der Waals surface area (Å²) in [5.74, 6) is -0.00605. The lowest BCUT2D eigenvalue weighted by atomic mass is 9.89. The predicted molar refractivity (Wildman–Crippen MR) is 110 cm³/mol. The van der Waals surface area contributed by atoms with Gasteiger partial charge in [-0.1, -0.05) is 18.2 Å². The molecule has 1 aromatic heterocycles. The molecular formula is C23H29N3O2. The Hall–Kier alpha value is -2.40. The lowest BCUT2D eigenvalue weighted by Gasteiger charge is -2.19. The van der Waals surface area contributed by atoms with Crippen molar-refractivity contribution >= 4 is 11.7 Å². The Morgan fingerprint density at radius 3 is 2.61 bits per heavy atom. The summed E-state index contributed by atoms with van der Waals surface area (Å²) in [6.45, 7) is 3.96. The van der Waals surface area contributed by atoms with E-state index in [2.05, 4.69) is 35.4 Å². The van der Waals surface area contributed by atoms with Crippen LogP contribution in [0, 0.1) is 0 Å². The molecule has 1 saturated heterocycles. The second kappa shape index (κ2) is 8.31. The average Bonchev–Trinajstić information content (AvgIpc) is 3.43. The molecule has 5 heteroatoms. The number of H-pyrrole nitrogens is 1. The fraction of sp³-hybridized carbons (Fsp3) is 0.478. The molecule has 148 valence electrons. The van der Waals surface area contributed by atoms with Crippen LogP contribution in [0.2, 0.25) is 0 Å². The summed E-state index contributed by atoms with van der Waals surface area (Å²) in [5, 5.41) is 3.34. The van der Waals surface area contributed by atoms with E-state index in [0.717, 1.165) is 32.4 Å². The monoisotopic (exact) mass is 379 g/mol.